The molecule has 0 bridgehead atoms. The van der Waals surface area contributed by atoms with Crippen LogP contribution in [0.4, 0.5) is 0 Å². The average molecular weight is 260 g/mol. The number of hydrogen-bond donors (Lipinski definition) is 0. The fraction of sp³-hybridized carbons (Fsp3) is 0.0526. The molecular formula is C19H16O. The molecular weight excluding hydrogens is 244 g/mol. The molecule has 0 aliphatic rings. The molecule has 3 aromatic rings. The van der Waals surface area contributed by atoms with Crippen molar-refractivity contribution in [1.82, 2.24) is 0 Å². The molecule has 0 spiro atoms. The smallest absolute Gasteiger partial charge is 0.127 e. The van der Waals surface area contributed by atoms with E-state index in [0.29, 0.717) is 0 Å². The lowest BCUT2D eigenvalue weighted by Gasteiger charge is -2.11. The van der Waals surface area contributed by atoms with Gasteiger partial charge in [0.2, 0.25) is 0 Å². The Morgan fingerprint density at radius 3 is 1.80 bits per heavy atom. The van der Waals surface area contributed by atoms with E-state index in [1.54, 1.807) is 7.11 Å². The highest BCUT2D eigenvalue weighted by atomic mass is 16.5. The van der Waals surface area contributed by atoms with Crippen molar-refractivity contribution in [3.8, 4) is 28.0 Å². The maximum atomic E-state index is 5.56. The summed E-state index contributed by atoms with van der Waals surface area (Å²) in [6, 6.07) is 27.0. The van der Waals surface area contributed by atoms with Gasteiger partial charge in [-0.25, -0.2) is 0 Å². The summed E-state index contributed by atoms with van der Waals surface area (Å²) >= 11 is 0. The molecule has 3 rings (SSSR count). The van der Waals surface area contributed by atoms with E-state index in [4.69, 9.17) is 4.74 Å². The van der Waals surface area contributed by atoms with Crippen molar-refractivity contribution in [2.24, 2.45) is 0 Å². The first-order valence-electron chi connectivity index (χ1n) is 6.67. The SMILES string of the molecule is COc1cc(-c2ccccc2)ccc1-c1ccccc1. The topological polar surface area (TPSA) is 9.23 Å². The summed E-state index contributed by atoms with van der Waals surface area (Å²) in [5.41, 5.74) is 4.66. The summed E-state index contributed by atoms with van der Waals surface area (Å²) in [6.45, 7) is 0. The third-order valence-electron chi connectivity index (χ3n) is 3.39. The molecule has 0 radical (unpaired) electrons. The zero-order valence-corrected chi connectivity index (χ0v) is 11.4. The number of methoxy groups -OCH3 is 1. The van der Waals surface area contributed by atoms with Crippen molar-refractivity contribution in [2.75, 3.05) is 7.11 Å². The largest absolute Gasteiger partial charge is 0.496 e. The van der Waals surface area contributed by atoms with Gasteiger partial charge in [0.1, 0.15) is 5.75 Å². The Labute approximate surface area is 119 Å². The molecule has 0 N–H and O–H groups in total. The standard InChI is InChI=1S/C19H16O/c1-20-19-14-17(15-8-4-2-5-9-15)12-13-18(19)16-10-6-3-7-11-16/h2-14H,1H3. The van der Waals surface area contributed by atoms with Gasteiger partial charge in [0.15, 0.2) is 0 Å². The Morgan fingerprint density at radius 1 is 0.600 bits per heavy atom. The molecule has 0 unspecified atom stereocenters. The van der Waals surface area contributed by atoms with E-state index in [9.17, 15) is 0 Å². The Kier molecular flexibility index (Phi) is 3.51. The zero-order valence-electron chi connectivity index (χ0n) is 11.4. The normalized spacial score (nSPS) is 10.2. The van der Waals surface area contributed by atoms with Gasteiger partial charge in [0.05, 0.1) is 7.11 Å². The first-order chi connectivity index (χ1) is 9.88. The monoisotopic (exact) mass is 260 g/mol. The minimum Gasteiger partial charge on any atom is -0.496 e. The third-order valence-corrected chi connectivity index (χ3v) is 3.39. The van der Waals surface area contributed by atoms with Gasteiger partial charge in [-0.1, -0.05) is 72.8 Å². The molecule has 98 valence electrons. The highest BCUT2D eigenvalue weighted by Gasteiger charge is 2.07. The van der Waals surface area contributed by atoms with Crippen LogP contribution in [0.15, 0.2) is 78.9 Å². The first kappa shape index (κ1) is 12.5. The second-order valence-corrected chi connectivity index (χ2v) is 4.65. The highest BCUT2D eigenvalue weighted by Crippen LogP contribution is 2.33. The number of ether oxygens (including phenoxy) is 1. The summed E-state index contributed by atoms with van der Waals surface area (Å²) in [7, 11) is 1.72. The van der Waals surface area contributed by atoms with Crippen LogP contribution in [0.25, 0.3) is 22.3 Å². The van der Waals surface area contributed by atoms with Crippen molar-refractivity contribution >= 4 is 0 Å². The molecule has 0 aromatic heterocycles. The predicted octanol–water partition coefficient (Wildman–Crippen LogP) is 5.03. The Bertz CT molecular complexity index is 687. The average Bonchev–Trinajstić information content (AvgIpc) is 2.56. The second-order valence-electron chi connectivity index (χ2n) is 4.65. The molecule has 0 amide bonds. The van der Waals surface area contributed by atoms with Crippen LogP contribution in [0, 0.1) is 0 Å². The lowest BCUT2D eigenvalue weighted by Crippen LogP contribution is -1.89. The molecule has 1 heteroatoms. The summed E-state index contributed by atoms with van der Waals surface area (Å²) in [5, 5.41) is 0. The molecule has 0 atom stereocenters. The van der Waals surface area contributed by atoms with Crippen molar-refractivity contribution in [3.63, 3.8) is 0 Å². The fourth-order valence-electron chi connectivity index (χ4n) is 2.36. The van der Waals surface area contributed by atoms with Crippen LogP contribution in [0.5, 0.6) is 5.75 Å². The summed E-state index contributed by atoms with van der Waals surface area (Å²) in [5.74, 6) is 0.901. The van der Waals surface area contributed by atoms with Gasteiger partial charge >= 0.3 is 0 Å². The second kappa shape index (κ2) is 5.62. The van der Waals surface area contributed by atoms with E-state index < -0.39 is 0 Å². The molecule has 3 aromatic carbocycles. The lowest BCUT2D eigenvalue weighted by atomic mass is 9.99. The molecule has 0 saturated carbocycles. The van der Waals surface area contributed by atoms with Gasteiger partial charge < -0.3 is 4.74 Å². The van der Waals surface area contributed by atoms with E-state index in [2.05, 4.69) is 42.5 Å². The summed E-state index contributed by atoms with van der Waals surface area (Å²) < 4.78 is 5.56. The van der Waals surface area contributed by atoms with Gasteiger partial charge in [0.25, 0.3) is 0 Å². The van der Waals surface area contributed by atoms with Crippen LogP contribution < -0.4 is 4.74 Å². The van der Waals surface area contributed by atoms with Crippen LogP contribution >= 0.6 is 0 Å². The zero-order chi connectivity index (χ0) is 13.8. The Hall–Kier alpha value is -2.54. The Morgan fingerprint density at radius 2 is 1.20 bits per heavy atom. The quantitative estimate of drug-likeness (QED) is 0.641. The lowest BCUT2D eigenvalue weighted by molar-refractivity contribution is 0.416. The maximum Gasteiger partial charge on any atom is 0.127 e. The fourth-order valence-corrected chi connectivity index (χ4v) is 2.36. The van der Waals surface area contributed by atoms with Crippen LogP contribution in [0.2, 0.25) is 0 Å². The number of rotatable bonds is 3. The summed E-state index contributed by atoms with van der Waals surface area (Å²) in [6.07, 6.45) is 0. The minimum atomic E-state index is 0.901. The van der Waals surface area contributed by atoms with Crippen LogP contribution in [-0.4, -0.2) is 7.11 Å². The number of hydrogen-bond acceptors (Lipinski definition) is 1. The van der Waals surface area contributed by atoms with E-state index in [-0.39, 0.29) is 0 Å². The van der Waals surface area contributed by atoms with E-state index in [1.807, 2.05) is 36.4 Å². The van der Waals surface area contributed by atoms with Crippen molar-refractivity contribution in [1.29, 1.82) is 0 Å². The molecule has 0 aliphatic carbocycles. The number of benzene rings is 3. The third kappa shape index (κ3) is 2.43. The van der Waals surface area contributed by atoms with Crippen LogP contribution in [0.3, 0.4) is 0 Å². The van der Waals surface area contributed by atoms with Crippen molar-refractivity contribution < 1.29 is 4.74 Å². The first-order valence-corrected chi connectivity index (χ1v) is 6.67. The van der Waals surface area contributed by atoms with Gasteiger partial charge in [0, 0.05) is 5.56 Å². The highest BCUT2D eigenvalue weighted by molar-refractivity contribution is 5.76. The Balaban J connectivity index is 2.07. The van der Waals surface area contributed by atoms with Gasteiger partial charge in [-0.05, 0) is 22.8 Å². The van der Waals surface area contributed by atoms with Crippen LogP contribution in [-0.2, 0) is 0 Å². The van der Waals surface area contributed by atoms with Crippen LogP contribution in [0.1, 0.15) is 0 Å². The minimum absolute atomic E-state index is 0.901. The van der Waals surface area contributed by atoms with Gasteiger partial charge in [-0.2, -0.15) is 0 Å². The van der Waals surface area contributed by atoms with E-state index >= 15 is 0 Å². The van der Waals surface area contributed by atoms with Crippen molar-refractivity contribution in [3.05, 3.63) is 78.9 Å². The van der Waals surface area contributed by atoms with Crippen molar-refractivity contribution in [2.45, 2.75) is 0 Å². The molecule has 0 fully saturated rings. The summed E-state index contributed by atoms with van der Waals surface area (Å²) in [4.78, 5) is 0. The molecule has 0 heterocycles. The maximum absolute atomic E-state index is 5.56. The molecule has 0 saturated heterocycles. The predicted molar refractivity (Wildman–Crippen MR) is 83.9 cm³/mol. The van der Waals surface area contributed by atoms with Gasteiger partial charge in [-0.15, -0.1) is 0 Å². The molecule has 20 heavy (non-hydrogen) atoms. The van der Waals surface area contributed by atoms with E-state index in [0.717, 1.165) is 11.3 Å². The molecule has 1 nitrogen and oxygen atoms in total. The van der Waals surface area contributed by atoms with Gasteiger partial charge in [-0.3, -0.25) is 0 Å². The molecule has 0 aliphatic heterocycles. The van der Waals surface area contributed by atoms with E-state index in [1.165, 1.54) is 16.7 Å².